The van der Waals surface area contributed by atoms with E-state index in [2.05, 4.69) is 56.8 Å². The lowest BCUT2D eigenvalue weighted by molar-refractivity contribution is -0.132. The van der Waals surface area contributed by atoms with Gasteiger partial charge in [0.1, 0.15) is 11.6 Å². The molecule has 162 valence electrons. The minimum absolute atomic E-state index is 0.217. The maximum atomic E-state index is 11.8. The Bertz CT molecular complexity index is 1030. The summed E-state index contributed by atoms with van der Waals surface area (Å²) < 4.78 is 5.70. The molecule has 1 aromatic heterocycles. The Hall–Kier alpha value is -3.21. The standard InChI is InChI=1S/C26H31N3O2/c1-17(30)31-24-20(25(2,3)4)13-19(14-21(24)26(5,6)7)29-23-16-27-22(15-28-23)18-11-9-8-10-12-18/h8-16H,1-7H3,(H,28,29). The molecule has 0 saturated carbocycles. The average molecular weight is 418 g/mol. The highest BCUT2D eigenvalue weighted by Gasteiger charge is 2.29. The van der Waals surface area contributed by atoms with Crippen LogP contribution in [0, 0.1) is 0 Å². The first-order valence-electron chi connectivity index (χ1n) is 10.5. The molecule has 5 nitrogen and oxygen atoms in total. The Balaban J connectivity index is 2.02. The summed E-state index contributed by atoms with van der Waals surface area (Å²) in [5.74, 6) is 0.974. The molecule has 0 unspecified atom stereocenters. The smallest absolute Gasteiger partial charge is 0.308 e. The monoisotopic (exact) mass is 417 g/mol. The van der Waals surface area contributed by atoms with Crippen molar-refractivity contribution in [3.05, 3.63) is 66.0 Å². The molecule has 1 heterocycles. The van der Waals surface area contributed by atoms with Gasteiger partial charge in [-0.15, -0.1) is 0 Å². The molecule has 0 bridgehead atoms. The molecular weight excluding hydrogens is 386 g/mol. The van der Waals surface area contributed by atoms with Gasteiger partial charge in [0.25, 0.3) is 0 Å². The summed E-state index contributed by atoms with van der Waals surface area (Å²) in [6.45, 7) is 14.1. The number of benzene rings is 2. The number of hydrogen-bond acceptors (Lipinski definition) is 5. The first-order valence-corrected chi connectivity index (χ1v) is 10.5. The van der Waals surface area contributed by atoms with Crippen molar-refractivity contribution in [3.63, 3.8) is 0 Å². The Kier molecular flexibility index (Phi) is 6.16. The van der Waals surface area contributed by atoms with Crippen LogP contribution in [0.5, 0.6) is 5.75 Å². The highest BCUT2D eigenvalue weighted by molar-refractivity contribution is 5.73. The number of hydrogen-bond donors (Lipinski definition) is 1. The highest BCUT2D eigenvalue weighted by atomic mass is 16.5. The lowest BCUT2D eigenvalue weighted by Gasteiger charge is -2.30. The van der Waals surface area contributed by atoms with Gasteiger partial charge >= 0.3 is 5.97 Å². The molecule has 0 aliphatic carbocycles. The van der Waals surface area contributed by atoms with Crippen molar-refractivity contribution < 1.29 is 9.53 Å². The molecule has 3 rings (SSSR count). The number of nitrogens with zero attached hydrogens (tertiary/aromatic N) is 2. The van der Waals surface area contributed by atoms with Gasteiger partial charge in [-0.3, -0.25) is 9.78 Å². The zero-order chi connectivity index (χ0) is 22.8. The van der Waals surface area contributed by atoms with E-state index in [1.165, 1.54) is 6.92 Å². The van der Waals surface area contributed by atoms with Crippen molar-refractivity contribution in [3.8, 4) is 17.0 Å². The van der Waals surface area contributed by atoms with Gasteiger partial charge in [-0.05, 0) is 23.0 Å². The fourth-order valence-corrected chi connectivity index (χ4v) is 3.37. The third-order valence-corrected chi connectivity index (χ3v) is 4.94. The van der Waals surface area contributed by atoms with E-state index < -0.39 is 0 Å². The van der Waals surface area contributed by atoms with E-state index in [4.69, 9.17) is 4.74 Å². The van der Waals surface area contributed by atoms with E-state index >= 15 is 0 Å². The third-order valence-electron chi connectivity index (χ3n) is 4.94. The minimum Gasteiger partial charge on any atom is -0.426 e. The van der Waals surface area contributed by atoms with Crippen LogP contribution < -0.4 is 10.1 Å². The van der Waals surface area contributed by atoms with E-state index in [0.717, 1.165) is 28.1 Å². The van der Waals surface area contributed by atoms with E-state index in [9.17, 15) is 4.79 Å². The van der Waals surface area contributed by atoms with Crippen LogP contribution in [0.2, 0.25) is 0 Å². The lowest BCUT2D eigenvalue weighted by atomic mass is 9.79. The Morgan fingerprint density at radius 3 is 1.90 bits per heavy atom. The second kappa shape index (κ2) is 8.50. The Morgan fingerprint density at radius 2 is 1.45 bits per heavy atom. The predicted octanol–water partition coefficient (Wildman–Crippen LogP) is 6.41. The molecule has 5 heteroatoms. The number of esters is 1. The third kappa shape index (κ3) is 5.48. The summed E-state index contributed by atoms with van der Waals surface area (Å²) in [4.78, 5) is 20.9. The molecule has 0 fully saturated rings. The molecule has 1 N–H and O–H groups in total. The second-order valence-electron chi connectivity index (χ2n) is 9.77. The average Bonchev–Trinajstić information content (AvgIpc) is 2.68. The molecule has 2 aromatic carbocycles. The van der Waals surface area contributed by atoms with Crippen molar-refractivity contribution in [1.29, 1.82) is 0 Å². The molecule has 0 amide bonds. The summed E-state index contributed by atoms with van der Waals surface area (Å²) in [6, 6.07) is 14.0. The number of ether oxygens (including phenoxy) is 1. The first kappa shape index (κ1) is 22.5. The van der Waals surface area contributed by atoms with Gasteiger partial charge in [0.15, 0.2) is 0 Å². The van der Waals surface area contributed by atoms with Crippen LogP contribution in [0.4, 0.5) is 11.5 Å². The van der Waals surface area contributed by atoms with E-state index in [0.29, 0.717) is 11.6 Å². The highest BCUT2D eigenvalue weighted by Crippen LogP contribution is 2.42. The van der Waals surface area contributed by atoms with Gasteiger partial charge in [0.05, 0.1) is 18.1 Å². The summed E-state index contributed by atoms with van der Waals surface area (Å²) in [6.07, 6.45) is 3.50. The molecular formula is C26H31N3O2. The van der Waals surface area contributed by atoms with E-state index in [1.54, 1.807) is 12.4 Å². The van der Waals surface area contributed by atoms with Crippen molar-refractivity contribution in [2.75, 3.05) is 5.32 Å². The Morgan fingerprint density at radius 1 is 0.871 bits per heavy atom. The first-order chi connectivity index (χ1) is 14.4. The number of anilines is 2. The number of rotatable bonds is 4. The van der Waals surface area contributed by atoms with Crippen LogP contribution in [0.15, 0.2) is 54.9 Å². The van der Waals surface area contributed by atoms with E-state index in [-0.39, 0.29) is 16.8 Å². The van der Waals surface area contributed by atoms with Gasteiger partial charge in [0, 0.05) is 29.3 Å². The maximum absolute atomic E-state index is 11.8. The van der Waals surface area contributed by atoms with Crippen LogP contribution >= 0.6 is 0 Å². The molecule has 0 aliphatic rings. The summed E-state index contributed by atoms with van der Waals surface area (Å²) >= 11 is 0. The summed E-state index contributed by atoms with van der Waals surface area (Å²) in [7, 11) is 0. The van der Waals surface area contributed by atoms with Gasteiger partial charge in [0.2, 0.25) is 0 Å². The van der Waals surface area contributed by atoms with Crippen LogP contribution in [0.1, 0.15) is 59.6 Å². The van der Waals surface area contributed by atoms with Crippen molar-refractivity contribution in [1.82, 2.24) is 9.97 Å². The molecule has 3 aromatic rings. The topological polar surface area (TPSA) is 64.1 Å². The minimum atomic E-state index is -0.320. The fourth-order valence-electron chi connectivity index (χ4n) is 3.37. The van der Waals surface area contributed by atoms with Gasteiger partial charge < -0.3 is 10.1 Å². The zero-order valence-corrected chi connectivity index (χ0v) is 19.4. The quantitative estimate of drug-likeness (QED) is 0.393. The molecule has 0 aliphatic heterocycles. The summed E-state index contributed by atoms with van der Waals surface area (Å²) in [5.41, 5.74) is 4.22. The predicted molar refractivity (Wildman–Crippen MR) is 126 cm³/mol. The molecule has 31 heavy (non-hydrogen) atoms. The van der Waals surface area contributed by atoms with E-state index in [1.807, 2.05) is 42.5 Å². The largest absolute Gasteiger partial charge is 0.426 e. The molecule has 0 radical (unpaired) electrons. The second-order valence-corrected chi connectivity index (χ2v) is 9.77. The normalized spacial score (nSPS) is 11.8. The number of aromatic nitrogens is 2. The number of carbonyl (C=O) groups excluding carboxylic acids is 1. The van der Waals surface area contributed by atoms with Gasteiger partial charge in [-0.25, -0.2) is 4.98 Å². The molecule has 0 spiro atoms. The maximum Gasteiger partial charge on any atom is 0.308 e. The lowest BCUT2D eigenvalue weighted by Crippen LogP contribution is -2.21. The van der Waals surface area contributed by atoms with Crippen LogP contribution in [0.25, 0.3) is 11.3 Å². The number of carbonyl (C=O) groups is 1. The zero-order valence-electron chi connectivity index (χ0n) is 19.4. The van der Waals surface area contributed by atoms with Crippen LogP contribution in [-0.2, 0) is 15.6 Å². The molecule has 0 saturated heterocycles. The van der Waals surface area contributed by atoms with Crippen molar-refractivity contribution in [2.24, 2.45) is 0 Å². The van der Waals surface area contributed by atoms with Gasteiger partial charge in [-0.1, -0.05) is 71.9 Å². The van der Waals surface area contributed by atoms with Gasteiger partial charge in [-0.2, -0.15) is 0 Å². The van der Waals surface area contributed by atoms with Crippen molar-refractivity contribution >= 4 is 17.5 Å². The van der Waals surface area contributed by atoms with Crippen LogP contribution in [0.3, 0.4) is 0 Å². The Labute approximate surface area is 184 Å². The summed E-state index contributed by atoms with van der Waals surface area (Å²) in [5, 5.41) is 3.37. The molecule has 0 atom stereocenters. The SMILES string of the molecule is CC(=O)Oc1c(C(C)(C)C)cc(Nc2cnc(-c3ccccc3)cn2)cc1C(C)(C)C. The number of nitrogens with one attached hydrogen (secondary N) is 1. The van der Waals surface area contributed by atoms with Crippen molar-refractivity contribution in [2.45, 2.75) is 59.3 Å². The van der Waals surface area contributed by atoms with Crippen LogP contribution in [-0.4, -0.2) is 15.9 Å². The fraction of sp³-hybridized carbons (Fsp3) is 0.346.